The standard InChI is InChI=1S/C11H7F2N3O2/c12-5-1-2-6(8(13)3-5)10-15-4-7(11(17)18)9(14)16-10/h1-4H,(H,17,18)(H2,14,15,16). The van der Waals surface area contributed by atoms with E-state index in [9.17, 15) is 13.6 Å². The first-order chi connectivity index (χ1) is 8.49. The Hall–Kier alpha value is -2.57. The highest BCUT2D eigenvalue weighted by atomic mass is 19.1. The molecule has 0 aliphatic heterocycles. The van der Waals surface area contributed by atoms with Gasteiger partial charge in [-0.15, -0.1) is 0 Å². The SMILES string of the molecule is Nc1nc(-c2ccc(F)cc2F)ncc1C(=O)O. The number of nitrogens with zero attached hydrogens (tertiary/aromatic N) is 2. The van der Waals surface area contributed by atoms with Gasteiger partial charge in [0, 0.05) is 12.3 Å². The molecular formula is C11H7F2N3O2. The molecule has 0 atom stereocenters. The molecule has 2 rings (SSSR count). The summed E-state index contributed by atoms with van der Waals surface area (Å²) in [6.07, 6.45) is 0.975. The number of carboxylic acids is 1. The van der Waals surface area contributed by atoms with Crippen molar-refractivity contribution in [1.82, 2.24) is 9.97 Å². The smallest absolute Gasteiger partial charge is 0.341 e. The van der Waals surface area contributed by atoms with Crippen molar-refractivity contribution < 1.29 is 18.7 Å². The van der Waals surface area contributed by atoms with E-state index in [0.717, 1.165) is 18.3 Å². The first-order valence-electron chi connectivity index (χ1n) is 4.80. The summed E-state index contributed by atoms with van der Waals surface area (Å²) in [4.78, 5) is 18.1. The predicted molar refractivity (Wildman–Crippen MR) is 58.8 cm³/mol. The Bertz CT molecular complexity index is 632. The summed E-state index contributed by atoms with van der Waals surface area (Å²) in [5.41, 5.74) is 5.08. The number of benzene rings is 1. The monoisotopic (exact) mass is 251 g/mol. The molecule has 1 heterocycles. The molecular weight excluding hydrogens is 244 g/mol. The zero-order chi connectivity index (χ0) is 13.3. The third kappa shape index (κ3) is 2.10. The molecule has 92 valence electrons. The average Bonchev–Trinajstić information content (AvgIpc) is 2.28. The van der Waals surface area contributed by atoms with Gasteiger partial charge in [-0.1, -0.05) is 0 Å². The second kappa shape index (κ2) is 4.36. The van der Waals surface area contributed by atoms with Crippen LogP contribution in [0.4, 0.5) is 14.6 Å². The Morgan fingerprint density at radius 2 is 2.06 bits per heavy atom. The zero-order valence-electron chi connectivity index (χ0n) is 8.89. The topological polar surface area (TPSA) is 89.1 Å². The Morgan fingerprint density at radius 1 is 1.33 bits per heavy atom. The molecule has 3 N–H and O–H groups in total. The Morgan fingerprint density at radius 3 is 2.61 bits per heavy atom. The van der Waals surface area contributed by atoms with Gasteiger partial charge in [-0.05, 0) is 12.1 Å². The number of carbonyl (C=O) groups is 1. The molecule has 7 heteroatoms. The number of nitrogen functional groups attached to an aromatic ring is 1. The quantitative estimate of drug-likeness (QED) is 0.847. The highest BCUT2D eigenvalue weighted by Gasteiger charge is 2.14. The molecule has 0 fully saturated rings. The summed E-state index contributed by atoms with van der Waals surface area (Å²) in [6, 6.07) is 2.88. The van der Waals surface area contributed by atoms with E-state index in [1.54, 1.807) is 0 Å². The Kier molecular flexibility index (Phi) is 2.88. The molecule has 0 aliphatic carbocycles. The molecule has 0 amide bonds. The molecule has 18 heavy (non-hydrogen) atoms. The highest BCUT2D eigenvalue weighted by Crippen LogP contribution is 2.21. The fourth-order valence-electron chi connectivity index (χ4n) is 1.36. The van der Waals surface area contributed by atoms with Gasteiger partial charge in [0.2, 0.25) is 0 Å². The van der Waals surface area contributed by atoms with Gasteiger partial charge in [0.25, 0.3) is 0 Å². The predicted octanol–water partition coefficient (Wildman–Crippen LogP) is 1.70. The maximum Gasteiger partial charge on any atom is 0.341 e. The summed E-state index contributed by atoms with van der Waals surface area (Å²) in [7, 11) is 0. The van der Waals surface area contributed by atoms with Crippen LogP contribution < -0.4 is 5.73 Å². The van der Waals surface area contributed by atoms with E-state index in [1.807, 2.05) is 0 Å². The fourth-order valence-corrected chi connectivity index (χ4v) is 1.36. The van der Waals surface area contributed by atoms with Crippen molar-refractivity contribution in [2.45, 2.75) is 0 Å². The number of carboxylic acid groups (broad SMARTS) is 1. The molecule has 2 aromatic rings. The maximum absolute atomic E-state index is 13.4. The molecule has 0 saturated carbocycles. The van der Waals surface area contributed by atoms with Crippen molar-refractivity contribution in [2.24, 2.45) is 0 Å². The lowest BCUT2D eigenvalue weighted by Crippen LogP contribution is -2.07. The van der Waals surface area contributed by atoms with Crippen molar-refractivity contribution in [3.05, 3.63) is 41.6 Å². The van der Waals surface area contributed by atoms with Crippen molar-refractivity contribution in [2.75, 3.05) is 5.73 Å². The lowest BCUT2D eigenvalue weighted by Gasteiger charge is -2.04. The minimum absolute atomic E-state index is 0.0555. The van der Waals surface area contributed by atoms with Crippen molar-refractivity contribution in [3.63, 3.8) is 0 Å². The van der Waals surface area contributed by atoms with Crippen LogP contribution in [0.5, 0.6) is 0 Å². The van der Waals surface area contributed by atoms with Crippen molar-refractivity contribution in [1.29, 1.82) is 0 Å². The molecule has 1 aromatic heterocycles. The largest absolute Gasteiger partial charge is 0.477 e. The van der Waals surface area contributed by atoms with Crippen molar-refractivity contribution >= 4 is 11.8 Å². The van der Waals surface area contributed by atoms with E-state index in [-0.39, 0.29) is 22.8 Å². The van der Waals surface area contributed by atoms with Crippen LogP contribution >= 0.6 is 0 Å². The fraction of sp³-hybridized carbons (Fsp3) is 0. The lowest BCUT2D eigenvalue weighted by molar-refractivity contribution is 0.0697. The first-order valence-corrected chi connectivity index (χ1v) is 4.80. The van der Waals surface area contributed by atoms with Gasteiger partial charge >= 0.3 is 5.97 Å². The lowest BCUT2D eigenvalue weighted by atomic mass is 10.2. The average molecular weight is 251 g/mol. The van der Waals surface area contributed by atoms with Gasteiger partial charge in [-0.3, -0.25) is 0 Å². The summed E-state index contributed by atoms with van der Waals surface area (Å²) in [6.45, 7) is 0. The Balaban J connectivity index is 2.52. The molecule has 1 aromatic carbocycles. The zero-order valence-corrected chi connectivity index (χ0v) is 8.89. The molecule has 0 bridgehead atoms. The Labute approximate surface area is 99.9 Å². The van der Waals surface area contributed by atoms with Crippen LogP contribution in [0.15, 0.2) is 24.4 Å². The number of aromatic nitrogens is 2. The molecule has 0 aliphatic rings. The summed E-state index contributed by atoms with van der Waals surface area (Å²) < 4.78 is 26.2. The van der Waals surface area contributed by atoms with E-state index in [0.29, 0.717) is 6.07 Å². The number of hydrogen-bond donors (Lipinski definition) is 2. The van der Waals surface area contributed by atoms with Gasteiger partial charge in [0.15, 0.2) is 5.82 Å². The number of aromatic carboxylic acids is 1. The van der Waals surface area contributed by atoms with Gasteiger partial charge in [0.1, 0.15) is 23.0 Å². The minimum Gasteiger partial charge on any atom is -0.477 e. The van der Waals surface area contributed by atoms with E-state index >= 15 is 0 Å². The number of rotatable bonds is 2. The van der Waals surface area contributed by atoms with E-state index < -0.39 is 17.6 Å². The third-order valence-corrected chi connectivity index (χ3v) is 2.22. The number of anilines is 1. The molecule has 0 unspecified atom stereocenters. The van der Waals surface area contributed by atoms with Crippen LogP contribution in [0.2, 0.25) is 0 Å². The minimum atomic E-state index is -1.28. The third-order valence-electron chi connectivity index (χ3n) is 2.22. The van der Waals surface area contributed by atoms with Crippen LogP contribution in [-0.4, -0.2) is 21.0 Å². The van der Waals surface area contributed by atoms with Crippen LogP contribution in [-0.2, 0) is 0 Å². The number of halogens is 2. The molecule has 0 saturated heterocycles. The van der Waals surface area contributed by atoms with Gasteiger partial charge in [-0.2, -0.15) is 0 Å². The van der Waals surface area contributed by atoms with Crippen molar-refractivity contribution in [3.8, 4) is 11.4 Å². The van der Waals surface area contributed by atoms with Gasteiger partial charge in [0.05, 0.1) is 5.56 Å². The second-order valence-electron chi connectivity index (χ2n) is 3.42. The van der Waals surface area contributed by atoms with Crippen LogP contribution in [0.1, 0.15) is 10.4 Å². The second-order valence-corrected chi connectivity index (χ2v) is 3.42. The van der Waals surface area contributed by atoms with Gasteiger partial charge < -0.3 is 10.8 Å². The van der Waals surface area contributed by atoms with Crippen LogP contribution in [0.25, 0.3) is 11.4 Å². The molecule has 5 nitrogen and oxygen atoms in total. The first kappa shape index (κ1) is 11.9. The van der Waals surface area contributed by atoms with E-state index in [4.69, 9.17) is 10.8 Å². The van der Waals surface area contributed by atoms with E-state index in [2.05, 4.69) is 9.97 Å². The molecule has 0 spiro atoms. The summed E-state index contributed by atoms with van der Waals surface area (Å²) >= 11 is 0. The number of hydrogen-bond acceptors (Lipinski definition) is 4. The van der Waals surface area contributed by atoms with Crippen LogP contribution in [0.3, 0.4) is 0 Å². The molecule has 0 radical (unpaired) electrons. The summed E-state index contributed by atoms with van der Waals surface area (Å²) in [5, 5.41) is 8.73. The highest BCUT2D eigenvalue weighted by molar-refractivity contribution is 5.92. The van der Waals surface area contributed by atoms with E-state index in [1.165, 1.54) is 0 Å². The van der Waals surface area contributed by atoms with Crippen LogP contribution in [0, 0.1) is 11.6 Å². The maximum atomic E-state index is 13.4. The number of nitrogens with two attached hydrogens (primary N) is 1. The van der Waals surface area contributed by atoms with Gasteiger partial charge in [-0.25, -0.2) is 23.5 Å². The normalized spacial score (nSPS) is 10.3. The summed E-state index contributed by atoms with van der Waals surface area (Å²) in [5.74, 6) is -3.24.